The molecule has 0 bridgehead atoms. The van der Waals surface area contributed by atoms with Crippen molar-refractivity contribution in [3.05, 3.63) is 18.0 Å². The van der Waals surface area contributed by atoms with E-state index in [2.05, 4.69) is 32.0 Å². The standard InChI is InChI=1S/C20H33N5O2/c1-3-16-13-22-20(23-14-16)24-10-6-18(7-11-24)25-9-4-5-17(15-25)19(26)21-8-12-27-2/h13-14,17-18H,3-12,15H2,1-2H3,(H,21,26)/t17-/m0/s1. The molecule has 0 spiro atoms. The molecule has 2 fully saturated rings. The lowest BCUT2D eigenvalue weighted by molar-refractivity contribution is -0.127. The van der Waals surface area contributed by atoms with Gasteiger partial charge in [-0.1, -0.05) is 6.92 Å². The maximum atomic E-state index is 12.4. The lowest BCUT2D eigenvalue weighted by Gasteiger charge is -2.42. The zero-order chi connectivity index (χ0) is 19.1. The minimum Gasteiger partial charge on any atom is -0.383 e. The highest BCUT2D eigenvalue weighted by atomic mass is 16.5. The predicted octanol–water partition coefficient (Wildman–Crippen LogP) is 1.48. The fourth-order valence-electron chi connectivity index (χ4n) is 4.10. The van der Waals surface area contributed by atoms with Crippen LogP contribution in [0.2, 0.25) is 0 Å². The van der Waals surface area contributed by atoms with Crippen LogP contribution in [0.15, 0.2) is 12.4 Å². The molecule has 0 aliphatic carbocycles. The van der Waals surface area contributed by atoms with Crippen LogP contribution in [0.25, 0.3) is 0 Å². The van der Waals surface area contributed by atoms with Crippen LogP contribution in [0, 0.1) is 5.92 Å². The van der Waals surface area contributed by atoms with Crippen LogP contribution < -0.4 is 10.2 Å². The summed E-state index contributed by atoms with van der Waals surface area (Å²) in [7, 11) is 1.66. The summed E-state index contributed by atoms with van der Waals surface area (Å²) in [5, 5.41) is 3.00. The summed E-state index contributed by atoms with van der Waals surface area (Å²) in [4.78, 5) is 26.2. The van der Waals surface area contributed by atoms with Gasteiger partial charge in [0.1, 0.15) is 0 Å². The molecule has 0 aromatic carbocycles. The van der Waals surface area contributed by atoms with Crippen molar-refractivity contribution in [1.29, 1.82) is 0 Å². The smallest absolute Gasteiger partial charge is 0.225 e. The quantitative estimate of drug-likeness (QED) is 0.728. The predicted molar refractivity (Wildman–Crippen MR) is 106 cm³/mol. The summed E-state index contributed by atoms with van der Waals surface area (Å²) >= 11 is 0. The number of piperidine rings is 2. The number of rotatable bonds is 7. The highest BCUT2D eigenvalue weighted by Gasteiger charge is 2.31. The minimum absolute atomic E-state index is 0.110. The zero-order valence-corrected chi connectivity index (χ0v) is 16.7. The molecule has 7 heteroatoms. The van der Waals surface area contributed by atoms with E-state index in [0.717, 1.165) is 64.2 Å². The Kier molecular flexibility index (Phi) is 7.41. The Hall–Kier alpha value is -1.73. The Bertz CT molecular complexity index is 587. The van der Waals surface area contributed by atoms with Crippen LogP contribution in [0.4, 0.5) is 5.95 Å². The van der Waals surface area contributed by atoms with Gasteiger partial charge < -0.3 is 15.0 Å². The van der Waals surface area contributed by atoms with Crippen molar-refractivity contribution in [2.24, 2.45) is 5.92 Å². The monoisotopic (exact) mass is 375 g/mol. The van der Waals surface area contributed by atoms with Gasteiger partial charge in [-0.25, -0.2) is 9.97 Å². The highest BCUT2D eigenvalue weighted by Crippen LogP contribution is 2.25. The summed E-state index contributed by atoms with van der Waals surface area (Å²) in [5.74, 6) is 1.14. The minimum atomic E-state index is 0.110. The molecule has 27 heavy (non-hydrogen) atoms. The number of anilines is 1. The second kappa shape index (κ2) is 9.99. The molecule has 7 nitrogen and oxygen atoms in total. The number of ether oxygens (including phenoxy) is 1. The first-order valence-corrected chi connectivity index (χ1v) is 10.3. The van der Waals surface area contributed by atoms with E-state index in [-0.39, 0.29) is 11.8 Å². The van der Waals surface area contributed by atoms with E-state index in [9.17, 15) is 4.79 Å². The molecule has 150 valence electrons. The van der Waals surface area contributed by atoms with Gasteiger partial charge in [0.05, 0.1) is 12.5 Å². The number of carbonyl (C=O) groups is 1. The number of methoxy groups -OCH3 is 1. The number of hydrogen-bond acceptors (Lipinski definition) is 6. The lowest BCUT2D eigenvalue weighted by atomic mass is 9.93. The van der Waals surface area contributed by atoms with Crippen LogP contribution in [-0.4, -0.2) is 73.3 Å². The Morgan fingerprint density at radius 3 is 2.63 bits per heavy atom. The number of aryl methyl sites for hydroxylation is 1. The van der Waals surface area contributed by atoms with Gasteiger partial charge >= 0.3 is 0 Å². The largest absolute Gasteiger partial charge is 0.383 e. The maximum absolute atomic E-state index is 12.4. The molecular formula is C20H33N5O2. The third kappa shape index (κ3) is 5.39. The zero-order valence-electron chi connectivity index (χ0n) is 16.7. The Labute approximate surface area is 162 Å². The molecule has 0 saturated carbocycles. The van der Waals surface area contributed by atoms with Crippen molar-refractivity contribution in [3.8, 4) is 0 Å². The molecule has 1 aromatic heterocycles. The molecule has 3 heterocycles. The maximum Gasteiger partial charge on any atom is 0.225 e. The van der Waals surface area contributed by atoms with E-state index in [0.29, 0.717) is 19.2 Å². The summed E-state index contributed by atoms with van der Waals surface area (Å²) in [6.45, 7) is 7.24. The molecule has 1 N–H and O–H groups in total. The van der Waals surface area contributed by atoms with Gasteiger partial charge in [-0.05, 0) is 44.2 Å². The van der Waals surface area contributed by atoms with Crippen LogP contribution in [-0.2, 0) is 16.0 Å². The fraction of sp³-hybridized carbons (Fsp3) is 0.750. The van der Waals surface area contributed by atoms with Crippen molar-refractivity contribution < 1.29 is 9.53 Å². The number of nitrogens with one attached hydrogen (secondary N) is 1. The second-order valence-electron chi connectivity index (χ2n) is 7.58. The third-order valence-corrected chi connectivity index (χ3v) is 5.79. The van der Waals surface area contributed by atoms with Crippen LogP contribution in [0.5, 0.6) is 0 Å². The second-order valence-corrected chi connectivity index (χ2v) is 7.58. The van der Waals surface area contributed by atoms with Gasteiger partial charge in [0, 0.05) is 51.7 Å². The van der Waals surface area contributed by atoms with Crippen molar-refractivity contribution in [2.45, 2.75) is 45.1 Å². The van der Waals surface area contributed by atoms with E-state index >= 15 is 0 Å². The van der Waals surface area contributed by atoms with E-state index in [1.54, 1.807) is 7.11 Å². The number of aromatic nitrogens is 2. The van der Waals surface area contributed by atoms with Crippen LogP contribution >= 0.6 is 0 Å². The molecular weight excluding hydrogens is 342 g/mol. The number of carbonyl (C=O) groups excluding carboxylic acids is 1. The van der Waals surface area contributed by atoms with Gasteiger partial charge in [-0.2, -0.15) is 0 Å². The van der Waals surface area contributed by atoms with Gasteiger partial charge in [-0.3, -0.25) is 9.69 Å². The van der Waals surface area contributed by atoms with Crippen LogP contribution in [0.1, 0.15) is 38.2 Å². The number of likely N-dealkylation sites (tertiary alicyclic amines) is 1. The first-order valence-electron chi connectivity index (χ1n) is 10.3. The average Bonchev–Trinajstić information content (AvgIpc) is 2.74. The van der Waals surface area contributed by atoms with E-state index in [1.165, 1.54) is 5.56 Å². The molecule has 1 aromatic rings. The summed E-state index contributed by atoms with van der Waals surface area (Å²) < 4.78 is 5.02. The number of hydrogen-bond donors (Lipinski definition) is 1. The molecule has 1 atom stereocenters. The Morgan fingerprint density at radius 2 is 1.96 bits per heavy atom. The molecule has 2 saturated heterocycles. The summed E-state index contributed by atoms with van der Waals surface area (Å²) in [6.07, 6.45) is 9.15. The van der Waals surface area contributed by atoms with Crippen molar-refractivity contribution in [2.75, 3.05) is 51.3 Å². The molecule has 2 aliphatic rings. The Morgan fingerprint density at radius 1 is 1.22 bits per heavy atom. The van der Waals surface area contributed by atoms with Gasteiger partial charge in [-0.15, -0.1) is 0 Å². The topological polar surface area (TPSA) is 70.6 Å². The lowest BCUT2D eigenvalue weighted by Crippen LogP contribution is -2.51. The fourth-order valence-corrected chi connectivity index (χ4v) is 4.10. The SMILES string of the molecule is CCc1cnc(N2CCC(N3CCC[C@H](C(=O)NCCOC)C3)CC2)nc1. The molecule has 1 amide bonds. The summed E-state index contributed by atoms with van der Waals surface area (Å²) in [5.41, 5.74) is 1.18. The van der Waals surface area contributed by atoms with E-state index < -0.39 is 0 Å². The van der Waals surface area contributed by atoms with Gasteiger partial charge in [0.15, 0.2) is 0 Å². The van der Waals surface area contributed by atoms with Gasteiger partial charge in [0.25, 0.3) is 0 Å². The van der Waals surface area contributed by atoms with Crippen molar-refractivity contribution in [3.63, 3.8) is 0 Å². The average molecular weight is 376 g/mol. The molecule has 3 rings (SSSR count). The normalized spacial score (nSPS) is 22.0. The van der Waals surface area contributed by atoms with Crippen molar-refractivity contribution in [1.82, 2.24) is 20.2 Å². The number of nitrogens with zero attached hydrogens (tertiary/aromatic N) is 4. The third-order valence-electron chi connectivity index (χ3n) is 5.79. The summed E-state index contributed by atoms with van der Waals surface area (Å²) in [6, 6.07) is 0.561. The molecule has 0 radical (unpaired) electrons. The Balaban J connectivity index is 1.47. The first kappa shape index (κ1) is 20.0. The highest BCUT2D eigenvalue weighted by molar-refractivity contribution is 5.78. The molecule has 0 unspecified atom stereocenters. The van der Waals surface area contributed by atoms with E-state index in [4.69, 9.17) is 4.74 Å². The van der Waals surface area contributed by atoms with E-state index in [1.807, 2.05) is 12.4 Å². The van der Waals surface area contributed by atoms with Crippen LogP contribution in [0.3, 0.4) is 0 Å². The van der Waals surface area contributed by atoms with Gasteiger partial charge in [0.2, 0.25) is 11.9 Å². The number of amides is 1. The first-order chi connectivity index (χ1) is 13.2. The molecule has 2 aliphatic heterocycles. The van der Waals surface area contributed by atoms with Crippen molar-refractivity contribution >= 4 is 11.9 Å².